The lowest BCUT2D eigenvalue weighted by atomic mass is 9.92. The molecule has 3 aromatic rings. The number of aryl methyl sites for hydroxylation is 1. The van der Waals surface area contributed by atoms with Crippen molar-refractivity contribution in [1.82, 2.24) is 5.16 Å². The molecule has 1 aliphatic rings. The maximum atomic E-state index is 13.1. The Bertz CT molecular complexity index is 1080. The number of esters is 1. The van der Waals surface area contributed by atoms with Gasteiger partial charge in [0.15, 0.2) is 5.76 Å². The Morgan fingerprint density at radius 3 is 2.59 bits per heavy atom. The number of thiophene rings is 1. The van der Waals surface area contributed by atoms with E-state index in [0.29, 0.717) is 27.6 Å². The van der Waals surface area contributed by atoms with Crippen molar-refractivity contribution >= 4 is 28.2 Å². The number of carbonyl (C=O) groups is 2. The second kappa shape index (κ2) is 7.15. The van der Waals surface area contributed by atoms with E-state index >= 15 is 0 Å². The van der Waals surface area contributed by atoms with Crippen molar-refractivity contribution in [2.24, 2.45) is 0 Å². The number of amides is 1. The summed E-state index contributed by atoms with van der Waals surface area (Å²) in [6, 6.07) is 9.06. The zero-order valence-electron chi connectivity index (χ0n) is 16.8. The van der Waals surface area contributed by atoms with E-state index in [-0.39, 0.29) is 11.9 Å². The van der Waals surface area contributed by atoms with Crippen LogP contribution >= 0.6 is 11.3 Å². The number of nitrogens with zero attached hydrogens (tertiary/aromatic N) is 2. The molecule has 2 heterocycles. The van der Waals surface area contributed by atoms with Crippen molar-refractivity contribution in [2.45, 2.75) is 39.2 Å². The monoisotopic (exact) mass is 410 g/mol. The molecule has 0 unspecified atom stereocenters. The van der Waals surface area contributed by atoms with E-state index in [4.69, 9.17) is 9.26 Å². The molecular weight excluding hydrogens is 388 g/mol. The highest BCUT2D eigenvalue weighted by Crippen LogP contribution is 2.47. The fraction of sp³-hybridized carbons (Fsp3) is 0.318. The topological polar surface area (TPSA) is 72.6 Å². The van der Waals surface area contributed by atoms with Gasteiger partial charge in [0.2, 0.25) is 0 Å². The molecular formula is C22H22N2O4S. The lowest BCUT2D eigenvalue weighted by Crippen LogP contribution is -2.26. The predicted octanol–water partition coefficient (Wildman–Crippen LogP) is 4.73. The number of hydrogen-bond donors (Lipinski definition) is 0. The molecule has 0 aliphatic heterocycles. The minimum atomic E-state index is -0.605. The van der Waals surface area contributed by atoms with Crippen LogP contribution in [0.25, 0.3) is 11.3 Å². The van der Waals surface area contributed by atoms with E-state index in [1.807, 2.05) is 39.0 Å². The van der Waals surface area contributed by atoms with Crippen LogP contribution in [0.15, 0.2) is 41.1 Å². The van der Waals surface area contributed by atoms with Crippen LogP contribution in [0.4, 0.5) is 5.00 Å². The summed E-state index contributed by atoms with van der Waals surface area (Å²) in [6.07, 6.45) is 3.10. The van der Waals surface area contributed by atoms with Crippen molar-refractivity contribution in [1.29, 1.82) is 0 Å². The first-order valence-corrected chi connectivity index (χ1v) is 10.2. The number of fused-ring (bicyclic) bond motifs is 3. The summed E-state index contributed by atoms with van der Waals surface area (Å²) in [6.45, 7) is 5.52. The van der Waals surface area contributed by atoms with E-state index in [1.54, 1.807) is 30.3 Å². The second-order valence-corrected chi connectivity index (χ2v) is 9.00. The molecule has 150 valence electrons. The van der Waals surface area contributed by atoms with Gasteiger partial charge in [-0.15, -0.1) is 11.3 Å². The molecule has 0 fully saturated rings. The standard InChI is InChI=1S/C22H22N2O4S/c1-22(2,3)27-21(26)18-15-11-10-14-12-23-28-17(14)16(15)20(29-18)24(4)19(25)13-8-6-5-7-9-13/h5-9,12H,10-11H2,1-4H3. The molecule has 0 N–H and O–H groups in total. The van der Waals surface area contributed by atoms with Gasteiger partial charge in [-0.3, -0.25) is 4.79 Å². The minimum absolute atomic E-state index is 0.156. The quantitative estimate of drug-likeness (QED) is 0.584. The summed E-state index contributed by atoms with van der Waals surface area (Å²) >= 11 is 1.26. The van der Waals surface area contributed by atoms with Crippen LogP contribution in [0, 0.1) is 0 Å². The van der Waals surface area contributed by atoms with E-state index in [1.165, 1.54) is 11.3 Å². The SMILES string of the molecule is CN(C(=O)c1ccccc1)c1sc(C(=O)OC(C)(C)C)c2c1-c1oncc1CC2. The Morgan fingerprint density at radius 1 is 1.17 bits per heavy atom. The van der Waals surface area contributed by atoms with Gasteiger partial charge in [0.25, 0.3) is 5.91 Å². The van der Waals surface area contributed by atoms with Gasteiger partial charge >= 0.3 is 5.97 Å². The van der Waals surface area contributed by atoms with Crippen molar-refractivity contribution < 1.29 is 18.8 Å². The number of hydrogen-bond acceptors (Lipinski definition) is 6. The Kier molecular flexibility index (Phi) is 4.78. The second-order valence-electron chi connectivity index (χ2n) is 8.00. The van der Waals surface area contributed by atoms with Crippen molar-refractivity contribution in [2.75, 3.05) is 11.9 Å². The molecule has 0 saturated carbocycles. The number of rotatable bonds is 3. The van der Waals surface area contributed by atoms with Gasteiger partial charge in [-0.05, 0) is 51.3 Å². The molecule has 0 radical (unpaired) electrons. The number of benzene rings is 1. The highest BCUT2D eigenvalue weighted by molar-refractivity contribution is 7.19. The summed E-state index contributed by atoms with van der Waals surface area (Å²) in [5.74, 6) is 0.0885. The largest absolute Gasteiger partial charge is 0.456 e. The molecule has 7 heteroatoms. The lowest BCUT2D eigenvalue weighted by Gasteiger charge is -2.20. The molecule has 4 rings (SSSR count). The van der Waals surface area contributed by atoms with Crippen LogP contribution in [0.2, 0.25) is 0 Å². The molecule has 0 atom stereocenters. The van der Waals surface area contributed by atoms with Crippen molar-refractivity contribution in [3.63, 3.8) is 0 Å². The summed E-state index contributed by atoms with van der Waals surface area (Å²) in [4.78, 5) is 28.0. The first kappa shape index (κ1) is 19.4. The summed E-state index contributed by atoms with van der Waals surface area (Å²) < 4.78 is 11.1. The average molecular weight is 410 g/mol. The van der Waals surface area contributed by atoms with Gasteiger partial charge in [-0.2, -0.15) is 0 Å². The third-order valence-corrected chi connectivity index (χ3v) is 6.01. The minimum Gasteiger partial charge on any atom is -0.456 e. The Labute approximate surface area is 173 Å². The first-order valence-electron chi connectivity index (χ1n) is 9.42. The average Bonchev–Trinajstić information content (AvgIpc) is 3.30. The molecule has 0 bridgehead atoms. The molecule has 1 aromatic carbocycles. The van der Waals surface area contributed by atoms with Gasteiger partial charge in [0.05, 0.1) is 11.8 Å². The number of aromatic nitrogens is 1. The molecule has 29 heavy (non-hydrogen) atoms. The van der Waals surface area contributed by atoms with E-state index in [9.17, 15) is 9.59 Å². The van der Waals surface area contributed by atoms with Crippen LogP contribution in [0.5, 0.6) is 0 Å². The summed E-state index contributed by atoms with van der Waals surface area (Å²) in [5.41, 5.74) is 2.57. The fourth-order valence-electron chi connectivity index (χ4n) is 3.42. The number of carbonyl (C=O) groups excluding carboxylic acids is 2. The van der Waals surface area contributed by atoms with Crippen LogP contribution < -0.4 is 4.90 Å². The van der Waals surface area contributed by atoms with E-state index < -0.39 is 5.60 Å². The Morgan fingerprint density at radius 2 is 1.90 bits per heavy atom. The predicted molar refractivity (Wildman–Crippen MR) is 112 cm³/mol. The van der Waals surface area contributed by atoms with Crippen LogP contribution in [-0.2, 0) is 17.6 Å². The number of anilines is 1. The zero-order chi connectivity index (χ0) is 20.8. The molecule has 1 aliphatic carbocycles. The van der Waals surface area contributed by atoms with Gasteiger partial charge < -0.3 is 14.2 Å². The summed E-state index contributed by atoms with van der Waals surface area (Å²) in [5, 5.41) is 4.59. The summed E-state index contributed by atoms with van der Waals surface area (Å²) in [7, 11) is 1.71. The van der Waals surface area contributed by atoms with Gasteiger partial charge in [0.1, 0.15) is 15.5 Å². The smallest absolute Gasteiger partial charge is 0.349 e. The highest BCUT2D eigenvalue weighted by Gasteiger charge is 2.35. The highest BCUT2D eigenvalue weighted by atomic mass is 32.1. The first-order chi connectivity index (χ1) is 13.8. The maximum Gasteiger partial charge on any atom is 0.349 e. The molecule has 6 nitrogen and oxygen atoms in total. The molecule has 0 saturated heterocycles. The lowest BCUT2D eigenvalue weighted by molar-refractivity contribution is 0.00740. The third kappa shape index (κ3) is 3.58. The molecule has 1 amide bonds. The third-order valence-electron chi connectivity index (χ3n) is 4.72. The van der Waals surface area contributed by atoms with Crippen molar-refractivity contribution in [3.8, 4) is 11.3 Å². The Balaban J connectivity index is 1.82. The van der Waals surface area contributed by atoms with Crippen LogP contribution in [-0.4, -0.2) is 29.7 Å². The van der Waals surface area contributed by atoms with Crippen LogP contribution in [0.3, 0.4) is 0 Å². The normalized spacial score (nSPS) is 12.8. The molecule has 0 spiro atoms. The van der Waals surface area contributed by atoms with Crippen LogP contribution in [0.1, 0.15) is 51.9 Å². The van der Waals surface area contributed by atoms with Crippen molar-refractivity contribution in [3.05, 3.63) is 58.1 Å². The van der Waals surface area contributed by atoms with Gasteiger partial charge in [-0.25, -0.2) is 4.79 Å². The zero-order valence-corrected chi connectivity index (χ0v) is 17.6. The van der Waals surface area contributed by atoms with E-state index in [2.05, 4.69) is 5.16 Å². The Hall–Kier alpha value is -2.93. The number of ether oxygens (including phenoxy) is 1. The van der Waals surface area contributed by atoms with Gasteiger partial charge in [-0.1, -0.05) is 23.4 Å². The molecule has 2 aromatic heterocycles. The van der Waals surface area contributed by atoms with E-state index in [0.717, 1.165) is 23.1 Å². The fourth-order valence-corrected chi connectivity index (χ4v) is 4.60. The maximum absolute atomic E-state index is 13.1. The van der Waals surface area contributed by atoms with Gasteiger partial charge in [0, 0.05) is 18.2 Å².